The number of nitrogens with one attached hydrogen (secondary N) is 2. The van der Waals surface area contributed by atoms with Crippen molar-refractivity contribution < 1.29 is 4.79 Å². The molecule has 20 heavy (non-hydrogen) atoms. The van der Waals surface area contributed by atoms with E-state index in [9.17, 15) is 4.79 Å². The van der Waals surface area contributed by atoms with Crippen LogP contribution in [-0.4, -0.2) is 21.1 Å². The number of benzene rings is 1. The number of pyridine rings is 1. The van der Waals surface area contributed by atoms with E-state index in [1.54, 1.807) is 12.3 Å². The van der Waals surface area contributed by atoms with Gasteiger partial charge in [-0.25, -0.2) is 0 Å². The van der Waals surface area contributed by atoms with Crippen LogP contribution >= 0.6 is 11.6 Å². The Morgan fingerprint density at radius 2 is 2.30 bits per heavy atom. The quantitative estimate of drug-likeness (QED) is 0.760. The molecule has 0 unspecified atom stereocenters. The van der Waals surface area contributed by atoms with Crippen LogP contribution in [0.3, 0.4) is 0 Å². The van der Waals surface area contributed by atoms with Crippen molar-refractivity contribution >= 4 is 34.1 Å². The minimum Gasteiger partial charge on any atom is -0.320 e. The van der Waals surface area contributed by atoms with Crippen molar-refractivity contribution in [2.45, 2.75) is 6.92 Å². The summed E-state index contributed by atoms with van der Waals surface area (Å²) in [7, 11) is 0. The fourth-order valence-electron chi connectivity index (χ4n) is 2.07. The highest BCUT2D eigenvalue weighted by molar-refractivity contribution is 6.36. The van der Waals surface area contributed by atoms with Gasteiger partial charge in [0.15, 0.2) is 0 Å². The predicted molar refractivity (Wildman–Crippen MR) is 78.0 cm³/mol. The van der Waals surface area contributed by atoms with Crippen molar-refractivity contribution in [2.75, 3.05) is 5.32 Å². The fraction of sp³-hybridized carbons (Fsp3) is 0.0714. The molecular weight excluding hydrogens is 276 g/mol. The number of aryl methyl sites for hydroxylation is 1. The number of halogens is 1. The highest BCUT2D eigenvalue weighted by atomic mass is 35.5. The largest absolute Gasteiger partial charge is 0.320 e. The molecule has 3 aromatic rings. The van der Waals surface area contributed by atoms with E-state index in [1.807, 2.05) is 19.1 Å². The fourth-order valence-corrected chi connectivity index (χ4v) is 2.38. The summed E-state index contributed by atoms with van der Waals surface area (Å²) in [6.07, 6.45) is 4.70. The van der Waals surface area contributed by atoms with E-state index in [0.717, 1.165) is 16.5 Å². The summed E-state index contributed by atoms with van der Waals surface area (Å²) in [5.74, 6) is -0.269. The van der Waals surface area contributed by atoms with Crippen molar-refractivity contribution in [3.63, 3.8) is 0 Å². The van der Waals surface area contributed by atoms with E-state index in [-0.39, 0.29) is 5.91 Å². The normalized spacial score (nSPS) is 10.7. The maximum Gasteiger partial charge on any atom is 0.258 e. The molecule has 0 fully saturated rings. The van der Waals surface area contributed by atoms with Crippen LogP contribution in [0.15, 0.2) is 36.8 Å². The first-order chi connectivity index (χ1) is 9.66. The molecule has 0 aliphatic heterocycles. The van der Waals surface area contributed by atoms with Gasteiger partial charge in [-0.05, 0) is 30.7 Å². The van der Waals surface area contributed by atoms with E-state index in [0.29, 0.717) is 16.3 Å². The zero-order chi connectivity index (χ0) is 14.1. The topological polar surface area (TPSA) is 70.7 Å². The average Bonchev–Trinajstić information content (AvgIpc) is 2.97. The number of anilines is 1. The number of aromatic nitrogens is 3. The number of rotatable bonds is 2. The summed E-state index contributed by atoms with van der Waals surface area (Å²) in [5.41, 5.74) is 2.79. The molecule has 0 atom stereocenters. The summed E-state index contributed by atoms with van der Waals surface area (Å²) >= 11 is 6.25. The third kappa shape index (κ3) is 2.12. The molecule has 6 heteroatoms. The Bertz CT molecular complexity index is 783. The molecule has 2 N–H and O–H groups in total. The molecule has 2 heterocycles. The first-order valence-electron chi connectivity index (χ1n) is 6.01. The number of amides is 1. The van der Waals surface area contributed by atoms with Crippen LogP contribution in [0.5, 0.6) is 0 Å². The van der Waals surface area contributed by atoms with Crippen LogP contribution < -0.4 is 5.32 Å². The number of hydrogen-bond acceptors (Lipinski definition) is 3. The summed E-state index contributed by atoms with van der Waals surface area (Å²) in [5, 5.41) is 10.5. The van der Waals surface area contributed by atoms with E-state index >= 15 is 0 Å². The number of aromatic amines is 1. The number of carbonyl (C=O) groups is 1. The van der Waals surface area contributed by atoms with Gasteiger partial charge >= 0.3 is 0 Å². The minimum absolute atomic E-state index is 0.269. The van der Waals surface area contributed by atoms with Gasteiger partial charge in [-0.1, -0.05) is 11.6 Å². The van der Waals surface area contributed by atoms with Gasteiger partial charge in [0.2, 0.25) is 0 Å². The number of nitrogens with zero attached hydrogens (tertiary/aromatic N) is 2. The Morgan fingerprint density at radius 3 is 3.05 bits per heavy atom. The maximum atomic E-state index is 12.1. The molecule has 0 aliphatic rings. The van der Waals surface area contributed by atoms with Crippen molar-refractivity contribution in [1.29, 1.82) is 0 Å². The number of hydrogen-bond donors (Lipinski definition) is 2. The lowest BCUT2D eigenvalue weighted by Crippen LogP contribution is -2.12. The lowest BCUT2D eigenvalue weighted by Gasteiger charge is -2.11. The predicted octanol–water partition coefficient (Wildman–Crippen LogP) is 3.17. The summed E-state index contributed by atoms with van der Waals surface area (Å²) in [4.78, 5) is 16.4. The third-order valence-corrected chi connectivity index (χ3v) is 3.33. The SMILES string of the molecule is Cc1cc(Cl)c(NC(=O)c2cn[nH]c2)c2cccnc12. The Labute approximate surface area is 120 Å². The highest BCUT2D eigenvalue weighted by Crippen LogP contribution is 2.32. The van der Waals surface area contributed by atoms with Gasteiger partial charge in [0.1, 0.15) is 0 Å². The van der Waals surface area contributed by atoms with Crippen LogP contribution in [-0.2, 0) is 0 Å². The molecule has 5 nitrogen and oxygen atoms in total. The van der Waals surface area contributed by atoms with Crippen molar-refractivity contribution in [2.24, 2.45) is 0 Å². The second kappa shape index (κ2) is 4.94. The van der Waals surface area contributed by atoms with Crippen molar-refractivity contribution in [1.82, 2.24) is 15.2 Å². The van der Waals surface area contributed by atoms with E-state index in [4.69, 9.17) is 11.6 Å². The van der Waals surface area contributed by atoms with E-state index in [1.165, 1.54) is 12.4 Å². The van der Waals surface area contributed by atoms with Gasteiger partial charge in [-0.15, -0.1) is 0 Å². The van der Waals surface area contributed by atoms with Crippen LogP contribution in [0.2, 0.25) is 5.02 Å². The lowest BCUT2D eigenvalue weighted by atomic mass is 10.1. The van der Waals surface area contributed by atoms with Crippen LogP contribution in [0, 0.1) is 6.92 Å². The van der Waals surface area contributed by atoms with Crippen LogP contribution in [0.4, 0.5) is 5.69 Å². The molecule has 0 bridgehead atoms. The van der Waals surface area contributed by atoms with E-state index in [2.05, 4.69) is 20.5 Å². The molecule has 0 saturated heterocycles. The van der Waals surface area contributed by atoms with Crippen LogP contribution in [0.1, 0.15) is 15.9 Å². The van der Waals surface area contributed by atoms with Gasteiger partial charge in [-0.3, -0.25) is 14.9 Å². The second-order valence-electron chi connectivity index (χ2n) is 4.39. The molecule has 0 radical (unpaired) electrons. The van der Waals surface area contributed by atoms with Crippen molar-refractivity contribution in [3.8, 4) is 0 Å². The van der Waals surface area contributed by atoms with Crippen molar-refractivity contribution in [3.05, 3.63) is 52.9 Å². The Balaban J connectivity index is 2.10. The molecule has 0 spiro atoms. The number of carbonyl (C=O) groups excluding carboxylic acids is 1. The monoisotopic (exact) mass is 286 g/mol. The maximum absolute atomic E-state index is 12.1. The summed E-state index contributed by atoms with van der Waals surface area (Å²) < 4.78 is 0. The second-order valence-corrected chi connectivity index (χ2v) is 4.80. The molecule has 3 rings (SSSR count). The minimum atomic E-state index is -0.269. The van der Waals surface area contributed by atoms with Gasteiger partial charge < -0.3 is 5.32 Å². The lowest BCUT2D eigenvalue weighted by molar-refractivity contribution is 0.102. The highest BCUT2D eigenvalue weighted by Gasteiger charge is 2.14. The van der Waals surface area contributed by atoms with Gasteiger partial charge in [0.05, 0.1) is 28.0 Å². The molecular formula is C14H11ClN4O. The Morgan fingerprint density at radius 1 is 1.45 bits per heavy atom. The Kier molecular flexibility index (Phi) is 3.12. The smallest absolute Gasteiger partial charge is 0.258 e. The number of H-pyrrole nitrogens is 1. The molecule has 0 saturated carbocycles. The third-order valence-electron chi connectivity index (χ3n) is 3.03. The Hall–Kier alpha value is -2.40. The zero-order valence-electron chi connectivity index (χ0n) is 10.6. The molecule has 100 valence electrons. The van der Waals surface area contributed by atoms with Gasteiger partial charge in [0, 0.05) is 17.8 Å². The van der Waals surface area contributed by atoms with Gasteiger partial charge in [0.25, 0.3) is 5.91 Å². The first kappa shape index (κ1) is 12.6. The molecule has 1 aromatic carbocycles. The summed E-state index contributed by atoms with van der Waals surface area (Å²) in [6, 6.07) is 5.49. The van der Waals surface area contributed by atoms with Crippen LogP contribution in [0.25, 0.3) is 10.9 Å². The zero-order valence-corrected chi connectivity index (χ0v) is 11.4. The summed E-state index contributed by atoms with van der Waals surface area (Å²) in [6.45, 7) is 1.93. The van der Waals surface area contributed by atoms with Gasteiger partial charge in [-0.2, -0.15) is 5.10 Å². The molecule has 1 amide bonds. The average molecular weight is 287 g/mol. The first-order valence-corrected chi connectivity index (χ1v) is 6.38. The number of fused-ring (bicyclic) bond motifs is 1. The van der Waals surface area contributed by atoms with E-state index < -0.39 is 0 Å². The standard InChI is InChI=1S/C14H11ClN4O/c1-8-5-11(15)13(10-3-2-4-16-12(8)10)19-14(20)9-6-17-18-7-9/h2-7H,1H3,(H,17,18)(H,19,20). The molecule has 2 aromatic heterocycles. The molecule has 0 aliphatic carbocycles.